The number of carbonyl (C=O) groups is 3. The van der Waals surface area contributed by atoms with Crippen molar-refractivity contribution in [2.75, 3.05) is 36.8 Å². The Kier molecular flexibility index (Phi) is 11.9. The Morgan fingerprint density at radius 3 is 2.00 bits per heavy atom. The Morgan fingerprint density at radius 1 is 0.950 bits per heavy atom. The lowest BCUT2D eigenvalue weighted by Gasteiger charge is -2.25. The van der Waals surface area contributed by atoms with E-state index in [0.717, 1.165) is 6.26 Å². The summed E-state index contributed by atoms with van der Waals surface area (Å²) in [5.74, 6) is -0.0268. The highest BCUT2D eigenvalue weighted by Gasteiger charge is 2.30. The summed E-state index contributed by atoms with van der Waals surface area (Å²) in [4.78, 5) is 38.6. The quantitative estimate of drug-likeness (QED) is 0.211. The third-order valence-corrected chi connectivity index (χ3v) is 6.80. The Labute approximate surface area is 249 Å². The number of halogens is 3. The van der Waals surface area contributed by atoms with E-state index < -0.39 is 40.7 Å². The van der Waals surface area contributed by atoms with Crippen LogP contribution >= 0.6 is 34.8 Å². The summed E-state index contributed by atoms with van der Waals surface area (Å²) < 4.78 is 40.6. The Morgan fingerprint density at radius 2 is 1.52 bits per heavy atom. The summed E-state index contributed by atoms with van der Waals surface area (Å²) in [5.41, 5.74) is -0.0902. The number of amides is 2. The number of rotatable bonds is 12. The molecule has 0 bridgehead atoms. The number of alkyl halides is 1. The second-order valence-corrected chi connectivity index (χ2v) is 12.7. The van der Waals surface area contributed by atoms with E-state index >= 15 is 0 Å². The molecule has 2 aromatic rings. The third kappa shape index (κ3) is 10.0. The molecule has 0 spiro atoms. The monoisotopic (exact) mass is 636 g/mol. The van der Waals surface area contributed by atoms with Gasteiger partial charge in [-0.1, -0.05) is 23.2 Å². The van der Waals surface area contributed by atoms with Gasteiger partial charge in [0.1, 0.15) is 24.5 Å². The first-order chi connectivity index (χ1) is 18.5. The van der Waals surface area contributed by atoms with Crippen LogP contribution in [0.2, 0.25) is 10.0 Å². The van der Waals surface area contributed by atoms with E-state index in [1.165, 1.54) is 24.0 Å². The van der Waals surface area contributed by atoms with Gasteiger partial charge in [-0.25, -0.2) is 13.2 Å². The number of hydrogen-bond acceptors (Lipinski definition) is 8. The normalized spacial score (nSPS) is 11.5. The lowest BCUT2D eigenvalue weighted by atomic mass is 10.2. The van der Waals surface area contributed by atoms with Crippen molar-refractivity contribution in [3.63, 3.8) is 0 Å². The molecule has 0 aliphatic rings. The molecule has 14 heteroatoms. The molecular weight excluding hydrogens is 607 g/mol. The zero-order valence-electron chi connectivity index (χ0n) is 22.7. The third-order valence-electron chi connectivity index (χ3n) is 4.89. The van der Waals surface area contributed by atoms with Gasteiger partial charge in [-0.15, -0.1) is 11.6 Å². The van der Waals surface area contributed by atoms with Gasteiger partial charge in [0.05, 0.1) is 28.6 Å². The summed E-state index contributed by atoms with van der Waals surface area (Å²) in [7, 11) is -4.07. The van der Waals surface area contributed by atoms with Crippen LogP contribution in [0.3, 0.4) is 0 Å². The van der Waals surface area contributed by atoms with Crippen molar-refractivity contribution in [1.82, 2.24) is 4.31 Å². The highest BCUT2D eigenvalue weighted by atomic mass is 35.5. The molecule has 0 unspecified atom stereocenters. The predicted octanol–water partition coefficient (Wildman–Crippen LogP) is 5.83. The van der Waals surface area contributed by atoms with Gasteiger partial charge >= 0.3 is 6.09 Å². The first kappa shape index (κ1) is 33.5. The van der Waals surface area contributed by atoms with Crippen LogP contribution in [0.25, 0.3) is 0 Å². The minimum atomic E-state index is -4.07. The van der Waals surface area contributed by atoms with E-state index in [2.05, 4.69) is 0 Å². The van der Waals surface area contributed by atoms with Crippen LogP contribution in [0.4, 0.5) is 16.2 Å². The minimum Gasteiger partial charge on any atom is -0.490 e. The molecule has 220 valence electrons. The summed E-state index contributed by atoms with van der Waals surface area (Å²) in [6, 6.07) is 9.30. The van der Waals surface area contributed by atoms with Crippen LogP contribution in [0.15, 0.2) is 36.4 Å². The van der Waals surface area contributed by atoms with Gasteiger partial charge in [-0.2, -0.15) is 4.31 Å². The highest BCUT2D eigenvalue weighted by molar-refractivity contribution is 7.88. The van der Waals surface area contributed by atoms with E-state index in [1.807, 2.05) is 0 Å². The molecule has 2 rings (SSSR count). The van der Waals surface area contributed by atoms with Gasteiger partial charge in [0.2, 0.25) is 15.9 Å². The molecule has 2 aromatic carbocycles. The van der Waals surface area contributed by atoms with Crippen molar-refractivity contribution >= 4 is 74.0 Å². The number of nitrogens with zero attached hydrogens (tertiary/aromatic N) is 2. The average Bonchev–Trinajstić information content (AvgIpc) is 2.82. The van der Waals surface area contributed by atoms with E-state index in [1.54, 1.807) is 45.0 Å². The number of carbonyl (C=O) groups excluding carboxylic acids is 3. The molecule has 0 N–H and O–H groups in total. The van der Waals surface area contributed by atoms with Gasteiger partial charge in [-0.3, -0.25) is 14.5 Å². The van der Waals surface area contributed by atoms with Crippen molar-refractivity contribution in [3.8, 4) is 11.5 Å². The minimum absolute atomic E-state index is 0.219. The highest BCUT2D eigenvalue weighted by Crippen LogP contribution is 2.39. The van der Waals surface area contributed by atoms with E-state index in [4.69, 9.17) is 49.0 Å². The number of anilines is 2. The average molecular weight is 638 g/mol. The molecule has 0 aliphatic heterocycles. The molecule has 10 nitrogen and oxygen atoms in total. The lowest BCUT2D eigenvalue weighted by molar-refractivity contribution is -0.121. The van der Waals surface area contributed by atoms with Crippen molar-refractivity contribution in [2.45, 2.75) is 39.7 Å². The number of sulfonamides is 1. The maximum absolute atomic E-state index is 12.5. The molecule has 0 heterocycles. The molecule has 0 atom stereocenters. The predicted molar refractivity (Wildman–Crippen MR) is 155 cm³/mol. The van der Waals surface area contributed by atoms with Gasteiger partial charge in [0.15, 0.2) is 11.5 Å². The zero-order valence-corrected chi connectivity index (χ0v) is 25.8. The molecule has 0 fully saturated rings. The van der Waals surface area contributed by atoms with Crippen LogP contribution in [-0.2, 0) is 24.3 Å². The molecule has 0 aromatic heterocycles. The van der Waals surface area contributed by atoms with Crippen LogP contribution in [-0.4, -0.2) is 68.0 Å². The van der Waals surface area contributed by atoms with Gasteiger partial charge in [-0.05, 0) is 63.6 Å². The SMILES string of the molecule is CC(=O)N(c1ccc(OCC(=O)CN(C(=O)OC(C)(C)C)S(C)(=O)=O)cc1)c1cc(Cl)c(OCCCCl)c(Cl)c1. The topological polar surface area (TPSA) is 120 Å². The van der Waals surface area contributed by atoms with Crippen molar-refractivity contribution < 1.29 is 37.0 Å². The van der Waals surface area contributed by atoms with Crippen molar-refractivity contribution in [3.05, 3.63) is 46.4 Å². The smallest absolute Gasteiger partial charge is 0.424 e. The summed E-state index contributed by atoms with van der Waals surface area (Å²) in [6.07, 6.45) is 0.245. The van der Waals surface area contributed by atoms with Crippen LogP contribution < -0.4 is 14.4 Å². The molecule has 40 heavy (non-hydrogen) atoms. The number of ether oxygens (including phenoxy) is 3. The molecule has 2 amide bonds. The standard InChI is InChI=1S/C26H31Cl3N2O8S/c1-17(32)31(19-13-22(28)24(23(29)14-19)37-12-6-11-27)18-7-9-21(10-8-18)38-16-20(33)15-30(40(5,35)36)25(34)39-26(2,3)4/h7-10,13-14H,6,11-12,15-16H2,1-5H3. The van der Waals surface area contributed by atoms with Crippen LogP contribution in [0.1, 0.15) is 34.1 Å². The number of ketones is 1. The number of benzene rings is 2. The fourth-order valence-electron chi connectivity index (χ4n) is 3.25. The summed E-state index contributed by atoms with van der Waals surface area (Å²) in [5, 5.41) is 0.438. The van der Waals surface area contributed by atoms with E-state index in [0.29, 0.717) is 34.6 Å². The van der Waals surface area contributed by atoms with Crippen molar-refractivity contribution in [2.24, 2.45) is 0 Å². The first-order valence-corrected chi connectivity index (χ1v) is 15.1. The first-order valence-electron chi connectivity index (χ1n) is 12.0. The molecule has 0 radical (unpaired) electrons. The molecule has 0 saturated carbocycles. The van der Waals surface area contributed by atoms with E-state index in [9.17, 15) is 22.8 Å². The summed E-state index contributed by atoms with van der Waals surface area (Å²) in [6.45, 7) is 5.15. The fraction of sp³-hybridized carbons (Fsp3) is 0.423. The Balaban J connectivity index is 2.13. The second-order valence-electron chi connectivity index (χ2n) is 9.56. The number of hydrogen-bond donors (Lipinski definition) is 0. The Hall–Kier alpha value is -2.73. The van der Waals surface area contributed by atoms with Crippen LogP contribution in [0, 0.1) is 0 Å². The van der Waals surface area contributed by atoms with Crippen LogP contribution in [0.5, 0.6) is 11.5 Å². The molecule has 0 saturated heterocycles. The van der Waals surface area contributed by atoms with Gasteiger partial charge in [0, 0.05) is 18.5 Å². The maximum atomic E-state index is 12.5. The zero-order chi connectivity index (χ0) is 30.3. The largest absolute Gasteiger partial charge is 0.490 e. The second kappa shape index (κ2) is 14.2. The number of Topliss-reactive ketones (excluding diaryl/α,β-unsaturated/α-hetero) is 1. The lowest BCUT2D eigenvalue weighted by Crippen LogP contribution is -2.43. The molecular formula is C26H31Cl3N2O8S. The maximum Gasteiger partial charge on any atom is 0.424 e. The van der Waals surface area contributed by atoms with E-state index in [-0.39, 0.29) is 27.5 Å². The summed E-state index contributed by atoms with van der Waals surface area (Å²) >= 11 is 18.4. The molecule has 0 aliphatic carbocycles. The Bertz CT molecular complexity index is 1310. The fourth-order valence-corrected chi connectivity index (χ4v) is 4.63. The van der Waals surface area contributed by atoms with Gasteiger partial charge < -0.3 is 14.2 Å². The van der Waals surface area contributed by atoms with Gasteiger partial charge in [0.25, 0.3) is 0 Å². The van der Waals surface area contributed by atoms with Crippen molar-refractivity contribution in [1.29, 1.82) is 0 Å².